The lowest BCUT2D eigenvalue weighted by molar-refractivity contribution is 0.121. The van der Waals surface area contributed by atoms with E-state index >= 15 is 0 Å². The Kier molecular flexibility index (Phi) is 8.24. The van der Waals surface area contributed by atoms with Crippen molar-refractivity contribution in [1.29, 1.82) is 0 Å². The molecule has 0 unspecified atom stereocenters. The number of nitrogens with one attached hydrogen (secondary N) is 1. The Morgan fingerprint density at radius 2 is 1.51 bits per heavy atom. The summed E-state index contributed by atoms with van der Waals surface area (Å²) in [5, 5.41) is 4.39. The molecule has 0 saturated carbocycles. The number of aromatic nitrogens is 3. The summed E-state index contributed by atoms with van der Waals surface area (Å²) in [6.45, 7) is 5.93. The van der Waals surface area contributed by atoms with E-state index in [0.717, 1.165) is 37.3 Å². The van der Waals surface area contributed by atoms with Crippen LogP contribution in [0.25, 0.3) is 0 Å². The van der Waals surface area contributed by atoms with Gasteiger partial charge in [-0.15, -0.1) is 0 Å². The van der Waals surface area contributed by atoms with Crippen molar-refractivity contribution in [3.8, 4) is 11.5 Å². The zero-order valence-electron chi connectivity index (χ0n) is 20.9. The number of methoxy groups -OCH3 is 1. The van der Waals surface area contributed by atoms with Crippen LogP contribution in [0.3, 0.4) is 0 Å². The maximum absolute atomic E-state index is 6.01. The molecular weight excluding hydrogens is 474 g/mol. The van der Waals surface area contributed by atoms with E-state index < -0.39 is 0 Å². The Morgan fingerprint density at radius 1 is 0.865 bits per heavy atom. The van der Waals surface area contributed by atoms with E-state index in [-0.39, 0.29) is 0 Å². The molecule has 1 N–H and O–H groups in total. The van der Waals surface area contributed by atoms with Crippen molar-refractivity contribution in [1.82, 2.24) is 15.0 Å². The van der Waals surface area contributed by atoms with Gasteiger partial charge >= 0.3 is 0 Å². The molecule has 11 heteroatoms. The van der Waals surface area contributed by atoms with Gasteiger partial charge < -0.3 is 28.7 Å². The predicted molar refractivity (Wildman–Crippen MR) is 141 cm³/mol. The molecule has 0 atom stereocenters. The molecule has 3 heterocycles. The van der Waals surface area contributed by atoms with Crippen molar-refractivity contribution in [3.63, 3.8) is 0 Å². The zero-order chi connectivity index (χ0) is 25.3. The van der Waals surface area contributed by atoms with Crippen LogP contribution in [0.4, 0.5) is 17.8 Å². The van der Waals surface area contributed by atoms with Gasteiger partial charge in [-0.05, 0) is 29.3 Å². The van der Waals surface area contributed by atoms with Crippen molar-refractivity contribution in [3.05, 3.63) is 59.7 Å². The second-order valence-corrected chi connectivity index (χ2v) is 8.51. The van der Waals surface area contributed by atoms with Crippen LogP contribution in [0.1, 0.15) is 11.1 Å². The first-order valence-electron chi connectivity index (χ1n) is 12.3. The number of ether oxygens (including phenoxy) is 4. The van der Waals surface area contributed by atoms with Gasteiger partial charge in [0.05, 0.1) is 39.8 Å². The molecule has 0 spiro atoms. The molecule has 11 nitrogen and oxygen atoms in total. The van der Waals surface area contributed by atoms with Gasteiger partial charge in [0.1, 0.15) is 6.61 Å². The SMILES string of the molecule is COc1ccc(C=NNc2nc(N3CCOCC3)nc(N3CCOCC3)n2)cc1OCc1ccccc1. The van der Waals surface area contributed by atoms with Gasteiger partial charge in [-0.3, -0.25) is 0 Å². The summed E-state index contributed by atoms with van der Waals surface area (Å²) in [7, 11) is 1.62. The number of benzene rings is 2. The van der Waals surface area contributed by atoms with Gasteiger partial charge in [-0.1, -0.05) is 30.3 Å². The fourth-order valence-electron chi connectivity index (χ4n) is 4.00. The van der Waals surface area contributed by atoms with Crippen molar-refractivity contribution in [2.45, 2.75) is 6.61 Å². The Morgan fingerprint density at radius 3 is 2.14 bits per heavy atom. The van der Waals surface area contributed by atoms with Crippen LogP contribution in [0.5, 0.6) is 11.5 Å². The van der Waals surface area contributed by atoms with Crippen LogP contribution >= 0.6 is 0 Å². The first-order valence-corrected chi connectivity index (χ1v) is 12.3. The minimum atomic E-state index is 0.378. The Bertz CT molecular complexity index is 1150. The highest BCUT2D eigenvalue weighted by Gasteiger charge is 2.20. The molecule has 0 amide bonds. The summed E-state index contributed by atoms with van der Waals surface area (Å²) in [6, 6.07) is 15.6. The molecule has 194 valence electrons. The molecule has 5 rings (SSSR count). The molecular formula is C26H31N7O4. The number of hydrazone groups is 1. The second-order valence-electron chi connectivity index (χ2n) is 8.51. The van der Waals surface area contributed by atoms with Crippen LogP contribution in [0.2, 0.25) is 0 Å². The Labute approximate surface area is 216 Å². The van der Waals surface area contributed by atoms with Crippen LogP contribution < -0.4 is 24.7 Å². The van der Waals surface area contributed by atoms with E-state index in [0.29, 0.717) is 62.4 Å². The lowest BCUT2D eigenvalue weighted by atomic mass is 10.2. The lowest BCUT2D eigenvalue weighted by Crippen LogP contribution is -2.40. The average Bonchev–Trinajstić information content (AvgIpc) is 2.97. The van der Waals surface area contributed by atoms with E-state index in [1.165, 1.54) is 0 Å². The van der Waals surface area contributed by atoms with Gasteiger partial charge in [-0.25, -0.2) is 5.43 Å². The summed E-state index contributed by atoms with van der Waals surface area (Å²) in [4.78, 5) is 18.1. The topological polar surface area (TPSA) is 106 Å². The normalized spacial score (nSPS) is 16.1. The summed E-state index contributed by atoms with van der Waals surface area (Å²) < 4.78 is 22.4. The quantitative estimate of drug-likeness (QED) is 0.344. The third-order valence-corrected chi connectivity index (χ3v) is 6.00. The van der Waals surface area contributed by atoms with E-state index in [2.05, 4.69) is 30.3 Å². The Hall–Kier alpha value is -3.96. The third-order valence-electron chi connectivity index (χ3n) is 6.00. The molecule has 3 aromatic rings. The van der Waals surface area contributed by atoms with Gasteiger partial charge in [0.25, 0.3) is 0 Å². The molecule has 2 aromatic carbocycles. The maximum Gasteiger partial charge on any atom is 0.250 e. The molecule has 0 radical (unpaired) electrons. The van der Waals surface area contributed by atoms with Crippen LogP contribution in [-0.4, -0.2) is 80.9 Å². The minimum absolute atomic E-state index is 0.378. The molecule has 37 heavy (non-hydrogen) atoms. The second kappa shape index (κ2) is 12.3. The molecule has 0 bridgehead atoms. The number of morpholine rings is 2. The number of nitrogens with zero attached hydrogens (tertiary/aromatic N) is 6. The standard InChI is InChI=1S/C26H31N7O4/c1-34-22-8-7-21(17-23(22)37-19-20-5-3-2-4-6-20)18-27-31-24-28-25(32-9-13-35-14-10-32)30-26(29-24)33-11-15-36-16-12-33/h2-8,17-18H,9-16,19H2,1H3,(H,28,29,30,31). The Balaban J connectivity index is 1.31. The summed E-state index contributed by atoms with van der Waals surface area (Å²) in [5.74, 6) is 2.89. The van der Waals surface area contributed by atoms with Crippen LogP contribution in [0, 0.1) is 0 Å². The number of hydrogen-bond acceptors (Lipinski definition) is 11. The highest BCUT2D eigenvalue weighted by Crippen LogP contribution is 2.28. The molecule has 2 aliphatic rings. The molecule has 1 aromatic heterocycles. The molecule has 2 fully saturated rings. The van der Waals surface area contributed by atoms with E-state index in [1.807, 2.05) is 48.5 Å². The average molecular weight is 506 g/mol. The molecule has 0 aliphatic carbocycles. The van der Waals surface area contributed by atoms with Crippen molar-refractivity contribution in [2.75, 3.05) is 74.9 Å². The van der Waals surface area contributed by atoms with Gasteiger partial charge in [0.2, 0.25) is 17.8 Å². The maximum atomic E-state index is 6.01. The van der Waals surface area contributed by atoms with E-state index in [1.54, 1.807) is 13.3 Å². The largest absolute Gasteiger partial charge is 0.493 e. The molecule has 2 aliphatic heterocycles. The first kappa shape index (κ1) is 24.7. The summed E-state index contributed by atoms with van der Waals surface area (Å²) >= 11 is 0. The summed E-state index contributed by atoms with van der Waals surface area (Å²) in [5.41, 5.74) is 4.89. The van der Waals surface area contributed by atoms with Crippen molar-refractivity contribution in [2.24, 2.45) is 5.10 Å². The fourth-order valence-corrected chi connectivity index (χ4v) is 4.00. The van der Waals surface area contributed by atoms with Crippen LogP contribution in [-0.2, 0) is 16.1 Å². The first-order chi connectivity index (χ1) is 18.3. The minimum Gasteiger partial charge on any atom is -0.493 e. The highest BCUT2D eigenvalue weighted by atomic mass is 16.5. The third kappa shape index (κ3) is 6.63. The van der Waals surface area contributed by atoms with Crippen LogP contribution in [0.15, 0.2) is 53.6 Å². The lowest BCUT2D eigenvalue weighted by Gasteiger charge is -2.30. The van der Waals surface area contributed by atoms with Crippen molar-refractivity contribution < 1.29 is 18.9 Å². The number of rotatable bonds is 9. The smallest absolute Gasteiger partial charge is 0.250 e. The predicted octanol–water partition coefficient (Wildman–Crippen LogP) is 2.58. The van der Waals surface area contributed by atoms with Gasteiger partial charge in [0.15, 0.2) is 11.5 Å². The van der Waals surface area contributed by atoms with E-state index in [9.17, 15) is 0 Å². The monoisotopic (exact) mass is 505 g/mol. The highest BCUT2D eigenvalue weighted by molar-refractivity contribution is 5.81. The number of hydrogen-bond donors (Lipinski definition) is 1. The molecule has 2 saturated heterocycles. The van der Waals surface area contributed by atoms with Gasteiger partial charge in [-0.2, -0.15) is 20.1 Å². The fraction of sp³-hybridized carbons (Fsp3) is 0.385. The summed E-state index contributed by atoms with van der Waals surface area (Å²) in [6.07, 6.45) is 1.70. The number of anilines is 3. The van der Waals surface area contributed by atoms with Crippen molar-refractivity contribution >= 4 is 24.1 Å². The van der Waals surface area contributed by atoms with Gasteiger partial charge in [0, 0.05) is 26.2 Å². The van der Waals surface area contributed by atoms with E-state index in [4.69, 9.17) is 23.9 Å². The zero-order valence-corrected chi connectivity index (χ0v) is 20.9.